The number of anilines is 1. The van der Waals surface area contributed by atoms with E-state index in [1.54, 1.807) is 13.8 Å². The Balaban J connectivity index is 2.55. The molecule has 0 bridgehead atoms. The average Bonchev–Trinajstić information content (AvgIpc) is 2.39. The molecular weight excluding hydrogens is 242 g/mol. The summed E-state index contributed by atoms with van der Waals surface area (Å²) >= 11 is 0. The van der Waals surface area contributed by atoms with Gasteiger partial charge in [0.15, 0.2) is 0 Å². The van der Waals surface area contributed by atoms with Gasteiger partial charge in [-0.1, -0.05) is 19.1 Å². The van der Waals surface area contributed by atoms with Crippen molar-refractivity contribution in [3.05, 3.63) is 29.8 Å². The Morgan fingerprint density at radius 2 is 1.74 bits per heavy atom. The van der Waals surface area contributed by atoms with Gasteiger partial charge < -0.3 is 16.4 Å². The van der Waals surface area contributed by atoms with Crippen molar-refractivity contribution in [2.24, 2.45) is 5.73 Å². The number of hydrogen-bond acceptors (Lipinski definition) is 3. The first-order valence-electron chi connectivity index (χ1n) is 6.39. The van der Waals surface area contributed by atoms with Crippen molar-refractivity contribution in [1.29, 1.82) is 0 Å². The molecule has 5 nitrogen and oxygen atoms in total. The number of benzene rings is 1. The molecular formula is C14H21N3O2. The number of hydrogen-bond donors (Lipinski definition) is 3. The van der Waals surface area contributed by atoms with Crippen LogP contribution in [0.2, 0.25) is 0 Å². The summed E-state index contributed by atoms with van der Waals surface area (Å²) < 4.78 is 0. The quantitative estimate of drug-likeness (QED) is 0.742. The van der Waals surface area contributed by atoms with Gasteiger partial charge in [0, 0.05) is 5.69 Å². The first-order chi connectivity index (χ1) is 8.93. The van der Waals surface area contributed by atoms with E-state index >= 15 is 0 Å². The van der Waals surface area contributed by atoms with Crippen LogP contribution >= 0.6 is 0 Å². The summed E-state index contributed by atoms with van der Waals surface area (Å²) in [6.45, 7) is 5.26. The Hall–Kier alpha value is -1.88. The van der Waals surface area contributed by atoms with Crippen LogP contribution in [0.4, 0.5) is 5.69 Å². The topological polar surface area (TPSA) is 84.2 Å². The lowest BCUT2D eigenvalue weighted by Gasteiger charge is -2.15. The third-order valence-electron chi connectivity index (χ3n) is 2.80. The molecule has 0 fully saturated rings. The van der Waals surface area contributed by atoms with Crippen molar-refractivity contribution in [3.63, 3.8) is 0 Å². The summed E-state index contributed by atoms with van der Waals surface area (Å²) in [5.41, 5.74) is 7.34. The Morgan fingerprint density at radius 3 is 2.21 bits per heavy atom. The predicted octanol–water partition coefficient (Wildman–Crippen LogP) is 1.04. The van der Waals surface area contributed by atoms with Gasteiger partial charge in [0.1, 0.15) is 6.04 Å². The number of amides is 2. The van der Waals surface area contributed by atoms with Crippen molar-refractivity contribution in [2.45, 2.75) is 39.3 Å². The number of rotatable bonds is 5. The van der Waals surface area contributed by atoms with Gasteiger partial charge in [-0.3, -0.25) is 9.59 Å². The molecule has 0 saturated heterocycles. The fourth-order valence-electron chi connectivity index (χ4n) is 1.48. The first-order valence-corrected chi connectivity index (χ1v) is 6.39. The van der Waals surface area contributed by atoms with E-state index in [0.717, 1.165) is 6.42 Å². The van der Waals surface area contributed by atoms with Gasteiger partial charge in [-0.25, -0.2) is 0 Å². The molecule has 2 amide bonds. The molecule has 19 heavy (non-hydrogen) atoms. The van der Waals surface area contributed by atoms with Crippen molar-refractivity contribution in [2.75, 3.05) is 5.32 Å². The molecule has 1 aromatic rings. The normalized spacial score (nSPS) is 13.5. The van der Waals surface area contributed by atoms with E-state index in [0.29, 0.717) is 5.69 Å². The van der Waals surface area contributed by atoms with Crippen LogP contribution in [0.3, 0.4) is 0 Å². The SMILES string of the molecule is CCc1ccc(NC(=O)[C@H](C)NC(=O)[C@H](C)N)cc1. The van der Waals surface area contributed by atoms with Crippen molar-refractivity contribution < 1.29 is 9.59 Å². The van der Waals surface area contributed by atoms with Gasteiger partial charge in [-0.15, -0.1) is 0 Å². The predicted molar refractivity (Wildman–Crippen MR) is 75.7 cm³/mol. The maximum atomic E-state index is 11.9. The van der Waals surface area contributed by atoms with E-state index in [9.17, 15) is 9.59 Å². The number of carbonyl (C=O) groups excluding carboxylic acids is 2. The standard InChI is InChI=1S/C14H21N3O2/c1-4-11-5-7-12(8-6-11)17-14(19)10(3)16-13(18)9(2)15/h5-10H,4,15H2,1-3H3,(H,16,18)(H,17,19)/t9-,10-/m0/s1. The largest absolute Gasteiger partial charge is 0.343 e. The highest BCUT2D eigenvalue weighted by molar-refractivity contribution is 5.97. The average molecular weight is 263 g/mol. The molecule has 0 aromatic heterocycles. The van der Waals surface area contributed by atoms with E-state index in [4.69, 9.17) is 5.73 Å². The molecule has 104 valence electrons. The number of nitrogens with two attached hydrogens (primary N) is 1. The fourth-order valence-corrected chi connectivity index (χ4v) is 1.48. The molecule has 4 N–H and O–H groups in total. The highest BCUT2D eigenvalue weighted by atomic mass is 16.2. The van der Waals surface area contributed by atoms with Crippen LogP contribution < -0.4 is 16.4 Å². The Bertz CT molecular complexity index is 441. The highest BCUT2D eigenvalue weighted by Crippen LogP contribution is 2.10. The van der Waals surface area contributed by atoms with Crippen molar-refractivity contribution >= 4 is 17.5 Å². The van der Waals surface area contributed by atoms with Crippen LogP contribution in [0, 0.1) is 0 Å². The second-order valence-corrected chi connectivity index (χ2v) is 4.56. The molecule has 1 aromatic carbocycles. The van der Waals surface area contributed by atoms with Crippen LogP contribution in [0.5, 0.6) is 0 Å². The minimum absolute atomic E-state index is 0.266. The van der Waals surface area contributed by atoms with Crippen LogP contribution in [-0.4, -0.2) is 23.9 Å². The third-order valence-corrected chi connectivity index (χ3v) is 2.80. The first kappa shape index (κ1) is 15.2. The second kappa shape index (κ2) is 6.89. The Kier molecular flexibility index (Phi) is 5.51. The van der Waals surface area contributed by atoms with E-state index in [1.165, 1.54) is 5.56 Å². The van der Waals surface area contributed by atoms with E-state index < -0.39 is 12.1 Å². The molecule has 5 heteroatoms. The zero-order valence-electron chi connectivity index (χ0n) is 11.6. The Morgan fingerprint density at radius 1 is 1.16 bits per heavy atom. The van der Waals surface area contributed by atoms with Crippen LogP contribution in [0.15, 0.2) is 24.3 Å². The zero-order valence-corrected chi connectivity index (χ0v) is 11.6. The molecule has 0 radical (unpaired) electrons. The van der Waals surface area contributed by atoms with Crippen molar-refractivity contribution in [3.8, 4) is 0 Å². The molecule has 0 saturated carbocycles. The van der Waals surface area contributed by atoms with Crippen LogP contribution in [-0.2, 0) is 16.0 Å². The molecule has 1 rings (SSSR count). The van der Waals surface area contributed by atoms with Crippen LogP contribution in [0.1, 0.15) is 26.3 Å². The molecule has 0 unspecified atom stereocenters. The van der Waals surface area contributed by atoms with E-state index in [1.807, 2.05) is 24.3 Å². The minimum atomic E-state index is -0.626. The van der Waals surface area contributed by atoms with Gasteiger partial charge in [-0.2, -0.15) is 0 Å². The third kappa shape index (κ3) is 4.71. The molecule has 2 atom stereocenters. The second-order valence-electron chi connectivity index (χ2n) is 4.56. The maximum absolute atomic E-state index is 11.9. The van der Waals surface area contributed by atoms with E-state index in [-0.39, 0.29) is 11.8 Å². The number of aryl methyl sites for hydroxylation is 1. The highest BCUT2D eigenvalue weighted by Gasteiger charge is 2.17. The lowest BCUT2D eigenvalue weighted by molar-refractivity contribution is -0.126. The number of nitrogens with one attached hydrogen (secondary N) is 2. The van der Waals surface area contributed by atoms with Gasteiger partial charge in [-0.05, 0) is 38.0 Å². The summed E-state index contributed by atoms with van der Waals surface area (Å²) in [5.74, 6) is -0.609. The lowest BCUT2D eigenvalue weighted by atomic mass is 10.1. The van der Waals surface area contributed by atoms with E-state index in [2.05, 4.69) is 17.6 Å². The zero-order chi connectivity index (χ0) is 14.4. The van der Waals surface area contributed by atoms with Gasteiger partial charge >= 0.3 is 0 Å². The summed E-state index contributed by atoms with van der Waals surface area (Å²) in [7, 11) is 0. The molecule has 0 heterocycles. The molecule has 0 spiro atoms. The van der Waals surface area contributed by atoms with Crippen molar-refractivity contribution in [1.82, 2.24) is 5.32 Å². The Labute approximate surface area is 113 Å². The van der Waals surface area contributed by atoms with Gasteiger partial charge in [0.05, 0.1) is 6.04 Å². The smallest absolute Gasteiger partial charge is 0.246 e. The summed E-state index contributed by atoms with van der Waals surface area (Å²) in [6.07, 6.45) is 0.953. The van der Waals surface area contributed by atoms with Gasteiger partial charge in [0.2, 0.25) is 11.8 Å². The fraction of sp³-hybridized carbons (Fsp3) is 0.429. The molecule has 0 aliphatic carbocycles. The van der Waals surface area contributed by atoms with Crippen LogP contribution in [0.25, 0.3) is 0 Å². The lowest BCUT2D eigenvalue weighted by Crippen LogP contribution is -2.47. The number of carbonyl (C=O) groups is 2. The minimum Gasteiger partial charge on any atom is -0.343 e. The summed E-state index contributed by atoms with van der Waals surface area (Å²) in [4.78, 5) is 23.2. The summed E-state index contributed by atoms with van der Waals surface area (Å²) in [5, 5.41) is 5.29. The molecule has 0 aliphatic rings. The summed E-state index contributed by atoms with van der Waals surface area (Å²) in [6, 6.07) is 6.36. The monoisotopic (exact) mass is 263 g/mol. The maximum Gasteiger partial charge on any atom is 0.246 e. The molecule has 0 aliphatic heterocycles. The van der Waals surface area contributed by atoms with Gasteiger partial charge in [0.25, 0.3) is 0 Å².